The second kappa shape index (κ2) is 5.53. The molecule has 0 aromatic heterocycles. The molecule has 2 aromatic carbocycles. The summed E-state index contributed by atoms with van der Waals surface area (Å²) in [5, 5.41) is 0.0650. The van der Waals surface area contributed by atoms with Gasteiger partial charge in [-0.2, -0.15) is 0 Å². The van der Waals surface area contributed by atoms with Gasteiger partial charge in [0.05, 0.1) is 10.5 Å². The highest BCUT2D eigenvalue weighted by Crippen LogP contribution is 2.30. The summed E-state index contributed by atoms with van der Waals surface area (Å²) in [7, 11) is 0. The molecule has 2 N–H and O–H groups in total. The molecule has 0 fully saturated rings. The lowest BCUT2D eigenvalue weighted by atomic mass is 9.99. The van der Waals surface area contributed by atoms with Crippen LogP contribution in [0.5, 0.6) is 0 Å². The molecule has 0 bridgehead atoms. The van der Waals surface area contributed by atoms with E-state index in [0.29, 0.717) is 5.56 Å². The fourth-order valence-electron chi connectivity index (χ4n) is 1.70. The van der Waals surface area contributed by atoms with Gasteiger partial charge >= 0.3 is 0 Å². The van der Waals surface area contributed by atoms with Crippen molar-refractivity contribution >= 4 is 27.5 Å². The van der Waals surface area contributed by atoms with Crippen LogP contribution in [-0.2, 0) is 0 Å². The molecule has 0 radical (unpaired) electrons. The SMILES string of the molecule is NC(c1cc(F)c(Br)cc1F)c1ccc(F)cc1Cl. The Kier molecular flexibility index (Phi) is 4.18. The molecule has 1 atom stereocenters. The van der Waals surface area contributed by atoms with Gasteiger partial charge in [-0.25, -0.2) is 13.2 Å². The third kappa shape index (κ3) is 2.94. The molecule has 1 nitrogen and oxygen atoms in total. The summed E-state index contributed by atoms with van der Waals surface area (Å²) in [6.45, 7) is 0. The van der Waals surface area contributed by atoms with Gasteiger partial charge in [-0.3, -0.25) is 0 Å². The molecule has 0 spiro atoms. The van der Waals surface area contributed by atoms with Crippen LogP contribution in [0.2, 0.25) is 5.02 Å². The topological polar surface area (TPSA) is 26.0 Å². The van der Waals surface area contributed by atoms with Crippen molar-refractivity contribution in [2.75, 3.05) is 0 Å². The lowest BCUT2D eigenvalue weighted by Crippen LogP contribution is -2.14. The van der Waals surface area contributed by atoms with E-state index < -0.39 is 23.5 Å². The number of hydrogen-bond acceptors (Lipinski definition) is 1. The minimum Gasteiger partial charge on any atom is -0.320 e. The fourth-order valence-corrected chi connectivity index (χ4v) is 2.30. The zero-order valence-electron chi connectivity index (χ0n) is 9.43. The Morgan fingerprint density at radius 3 is 2.32 bits per heavy atom. The molecular weight excluding hydrogens is 343 g/mol. The molecule has 100 valence electrons. The summed E-state index contributed by atoms with van der Waals surface area (Å²) in [6, 6.07) is 4.58. The Morgan fingerprint density at radius 1 is 1.00 bits per heavy atom. The summed E-state index contributed by atoms with van der Waals surface area (Å²) in [4.78, 5) is 0. The zero-order chi connectivity index (χ0) is 14.2. The monoisotopic (exact) mass is 349 g/mol. The molecule has 2 aromatic rings. The van der Waals surface area contributed by atoms with Gasteiger partial charge in [0.25, 0.3) is 0 Å². The van der Waals surface area contributed by atoms with E-state index in [1.54, 1.807) is 0 Å². The van der Waals surface area contributed by atoms with Crippen LogP contribution in [0.25, 0.3) is 0 Å². The summed E-state index contributed by atoms with van der Waals surface area (Å²) in [6.07, 6.45) is 0. The molecule has 0 aliphatic carbocycles. The van der Waals surface area contributed by atoms with E-state index in [9.17, 15) is 13.2 Å². The maximum Gasteiger partial charge on any atom is 0.137 e. The first-order chi connectivity index (χ1) is 8.90. The number of halogens is 5. The Labute approximate surface area is 121 Å². The van der Waals surface area contributed by atoms with Gasteiger partial charge in [-0.1, -0.05) is 17.7 Å². The second-order valence-electron chi connectivity index (χ2n) is 3.93. The van der Waals surface area contributed by atoms with Crippen LogP contribution in [-0.4, -0.2) is 0 Å². The van der Waals surface area contributed by atoms with E-state index in [0.717, 1.165) is 24.3 Å². The fraction of sp³-hybridized carbons (Fsp3) is 0.0769. The van der Waals surface area contributed by atoms with E-state index in [2.05, 4.69) is 15.9 Å². The first-order valence-corrected chi connectivity index (χ1v) is 6.42. The standard InChI is InChI=1S/C13H8BrClF3N/c14-9-5-11(17)8(4-12(9)18)13(19)7-2-1-6(16)3-10(7)15/h1-5,13H,19H2. The van der Waals surface area contributed by atoms with E-state index >= 15 is 0 Å². The van der Waals surface area contributed by atoms with Crippen molar-refractivity contribution in [3.05, 3.63) is 68.4 Å². The quantitative estimate of drug-likeness (QED) is 0.789. The van der Waals surface area contributed by atoms with Crippen LogP contribution >= 0.6 is 27.5 Å². The van der Waals surface area contributed by atoms with Gasteiger partial charge in [0, 0.05) is 10.6 Å². The Bertz CT molecular complexity index is 634. The lowest BCUT2D eigenvalue weighted by molar-refractivity contribution is 0.572. The maximum atomic E-state index is 13.8. The van der Waals surface area contributed by atoms with E-state index in [1.165, 1.54) is 6.07 Å². The van der Waals surface area contributed by atoms with Crippen LogP contribution < -0.4 is 5.73 Å². The molecule has 0 heterocycles. The summed E-state index contributed by atoms with van der Waals surface area (Å²) < 4.78 is 40.2. The largest absolute Gasteiger partial charge is 0.320 e. The number of rotatable bonds is 2. The van der Waals surface area contributed by atoms with Gasteiger partial charge in [0.2, 0.25) is 0 Å². The molecule has 0 aliphatic rings. The lowest BCUT2D eigenvalue weighted by Gasteiger charge is -2.15. The Morgan fingerprint density at radius 2 is 1.68 bits per heavy atom. The minimum absolute atomic E-state index is 0.00570. The number of benzene rings is 2. The highest BCUT2D eigenvalue weighted by atomic mass is 79.9. The van der Waals surface area contributed by atoms with Crippen LogP contribution in [0.4, 0.5) is 13.2 Å². The van der Waals surface area contributed by atoms with Crippen LogP contribution in [0.1, 0.15) is 17.2 Å². The van der Waals surface area contributed by atoms with Gasteiger partial charge in [-0.05, 0) is 45.8 Å². The van der Waals surface area contributed by atoms with Gasteiger partial charge in [0.15, 0.2) is 0 Å². The van der Waals surface area contributed by atoms with Crippen molar-refractivity contribution < 1.29 is 13.2 Å². The predicted molar refractivity (Wildman–Crippen MR) is 71.5 cm³/mol. The Hall–Kier alpha value is -1.04. The van der Waals surface area contributed by atoms with E-state index in [1.807, 2.05) is 0 Å². The van der Waals surface area contributed by atoms with Crippen molar-refractivity contribution in [3.8, 4) is 0 Å². The third-order valence-corrected chi connectivity index (χ3v) is 3.61. The average molecular weight is 351 g/mol. The second-order valence-corrected chi connectivity index (χ2v) is 5.19. The summed E-state index contributed by atoms with van der Waals surface area (Å²) in [5.74, 6) is -1.82. The molecule has 0 saturated heterocycles. The molecule has 0 amide bonds. The summed E-state index contributed by atoms with van der Waals surface area (Å²) >= 11 is 8.73. The molecule has 6 heteroatoms. The van der Waals surface area contributed by atoms with Gasteiger partial charge in [0.1, 0.15) is 17.5 Å². The third-order valence-electron chi connectivity index (χ3n) is 2.67. The molecule has 19 heavy (non-hydrogen) atoms. The number of hydrogen-bond donors (Lipinski definition) is 1. The van der Waals surface area contributed by atoms with Crippen LogP contribution in [0, 0.1) is 17.5 Å². The highest BCUT2D eigenvalue weighted by molar-refractivity contribution is 9.10. The summed E-state index contributed by atoms with van der Waals surface area (Å²) in [5.41, 5.74) is 6.13. The van der Waals surface area contributed by atoms with Crippen LogP contribution in [0.3, 0.4) is 0 Å². The van der Waals surface area contributed by atoms with Crippen molar-refractivity contribution in [2.24, 2.45) is 5.73 Å². The minimum atomic E-state index is -0.976. The molecule has 2 rings (SSSR count). The van der Waals surface area contributed by atoms with Crippen molar-refractivity contribution in [1.82, 2.24) is 0 Å². The number of nitrogens with two attached hydrogens (primary N) is 1. The van der Waals surface area contributed by atoms with Crippen molar-refractivity contribution in [3.63, 3.8) is 0 Å². The predicted octanol–water partition coefficient (Wildman–Crippen LogP) is 4.57. The first-order valence-electron chi connectivity index (χ1n) is 5.25. The van der Waals surface area contributed by atoms with Crippen molar-refractivity contribution in [1.29, 1.82) is 0 Å². The molecular formula is C13H8BrClF3N. The van der Waals surface area contributed by atoms with Gasteiger partial charge in [-0.15, -0.1) is 0 Å². The average Bonchev–Trinajstić information content (AvgIpc) is 2.33. The van der Waals surface area contributed by atoms with Crippen molar-refractivity contribution in [2.45, 2.75) is 6.04 Å². The highest BCUT2D eigenvalue weighted by Gasteiger charge is 2.19. The van der Waals surface area contributed by atoms with Gasteiger partial charge < -0.3 is 5.73 Å². The normalized spacial score (nSPS) is 12.5. The van der Waals surface area contributed by atoms with E-state index in [-0.39, 0.29) is 15.1 Å². The molecule has 0 aliphatic heterocycles. The first kappa shape index (κ1) is 14.4. The maximum absolute atomic E-state index is 13.8. The smallest absolute Gasteiger partial charge is 0.137 e. The molecule has 1 unspecified atom stereocenters. The zero-order valence-corrected chi connectivity index (χ0v) is 11.8. The van der Waals surface area contributed by atoms with E-state index in [4.69, 9.17) is 17.3 Å². The molecule has 0 saturated carbocycles. The Balaban J connectivity index is 2.49. The van der Waals surface area contributed by atoms with Crippen LogP contribution in [0.15, 0.2) is 34.8 Å².